The van der Waals surface area contributed by atoms with E-state index in [9.17, 15) is 8.42 Å². The van der Waals surface area contributed by atoms with Crippen LogP contribution in [0.25, 0.3) is 33.4 Å². The number of aromatic nitrogens is 5. The van der Waals surface area contributed by atoms with E-state index in [0.717, 1.165) is 22.7 Å². The van der Waals surface area contributed by atoms with Gasteiger partial charge >= 0.3 is 0 Å². The van der Waals surface area contributed by atoms with Crippen LogP contribution < -0.4 is 5.73 Å². The number of benzene rings is 2. The third-order valence-electron chi connectivity index (χ3n) is 4.01. The molecule has 0 aliphatic heterocycles. The number of hydrogen-bond acceptors (Lipinski definition) is 7. The molecule has 0 aliphatic rings. The minimum absolute atomic E-state index is 0.141. The Morgan fingerprint density at radius 1 is 1.12 bits per heavy atom. The lowest BCUT2D eigenvalue weighted by Gasteiger charge is -2.12. The van der Waals surface area contributed by atoms with Crippen molar-refractivity contribution in [3.05, 3.63) is 48.7 Å². The van der Waals surface area contributed by atoms with Gasteiger partial charge in [-0.3, -0.25) is 4.98 Å². The third kappa shape index (κ3) is 2.78. The van der Waals surface area contributed by atoms with Crippen molar-refractivity contribution in [2.45, 2.75) is 4.90 Å². The molecule has 2 aromatic carbocycles. The lowest BCUT2D eigenvalue weighted by molar-refractivity contribution is 0.602. The fourth-order valence-electron chi connectivity index (χ4n) is 2.89. The lowest BCUT2D eigenvalue weighted by Crippen LogP contribution is -2.02. The first-order valence-electron chi connectivity index (χ1n) is 7.66. The zero-order valence-corrected chi connectivity index (χ0v) is 14.5. The van der Waals surface area contributed by atoms with Gasteiger partial charge in [0.25, 0.3) is 0 Å². The van der Waals surface area contributed by atoms with Gasteiger partial charge in [0.2, 0.25) is 5.82 Å². The van der Waals surface area contributed by atoms with Gasteiger partial charge in [0, 0.05) is 17.2 Å². The quantitative estimate of drug-likeness (QED) is 0.568. The average Bonchev–Trinajstić information content (AvgIpc) is 3.14. The predicted molar refractivity (Wildman–Crippen MR) is 97.9 cm³/mol. The van der Waals surface area contributed by atoms with E-state index in [-0.39, 0.29) is 10.7 Å². The molecule has 0 radical (unpaired) electrons. The molecule has 4 aromatic rings. The fraction of sp³-hybridized carbons (Fsp3) is 0.0588. The standard InChI is InChI=1S/C17H14N6O2S/c1-26(24,25)15-4-2-3-13(16(15)17-20-22-23-21-17)10-5-6-11-7-12(18)9-19-14(11)8-10/h2-9H,18H2,1H3,(H,20,21,22,23). The molecule has 0 spiro atoms. The Kier molecular flexibility index (Phi) is 3.66. The number of sulfone groups is 1. The molecule has 4 rings (SSSR count). The second-order valence-electron chi connectivity index (χ2n) is 5.86. The van der Waals surface area contributed by atoms with Crippen LogP contribution in [0.1, 0.15) is 0 Å². The zero-order chi connectivity index (χ0) is 18.3. The van der Waals surface area contributed by atoms with Crippen LogP contribution in [0.2, 0.25) is 0 Å². The Morgan fingerprint density at radius 2 is 1.96 bits per heavy atom. The number of nitrogens with one attached hydrogen (secondary N) is 1. The molecule has 26 heavy (non-hydrogen) atoms. The smallest absolute Gasteiger partial charge is 0.206 e. The van der Waals surface area contributed by atoms with Crippen LogP contribution >= 0.6 is 0 Å². The zero-order valence-electron chi connectivity index (χ0n) is 13.7. The molecule has 2 aromatic heterocycles. The van der Waals surface area contributed by atoms with Gasteiger partial charge in [0.1, 0.15) is 0 Å². The van der Waals surface area contributed by atoms with Crippen molar-refractivity contribution >= 4 is 26.4 Å². The number of nitrogens with two attached hydrogens (primary N) is 1. The average molecular weight is 366 g/mol. The summed E-state index contributed by atoms with van der Waals surface area (Å²) < 4.78 is 24.5. The van der Waals surface area contributed by atoms with Gasteiger partial charge in [0.15, 0.2) is 9.84 Å². The molecule has 0 saturated heterocycles. The van der Waals surface area contributed by atoms with E-state index >= 15 is 0 Å². The fourth-order valence-corrected chi connectivity index (χ4v) is 3.78. The number of nitrogens with zero attached hydrogens (tertiary/aromatic N) is 4. The minimum atomic E-state index is -3.49. The van der Waals surface area contributed by atoms with Crippen molar-refractivity contribution in [2.75, 3.05) is 12.0 Å². The largest absolute Gasteiger partial charge is 0.397 e. The van der Waals surface area contributed by atoms with Crippen LogP contribution in [0.4, 0.5) is 5.69 Å². The molecular weight excluding hydrogens is 352 g/mol. The summed E-state index contributed by atoms with van der Waals surface area (Å²) in [5, 5.41) is 14.8. The van der Waals surface area contributed by atoms with Crippen molar-refractivity contribution in [2.24, 2.45) is 0 Å². The molecular formula is C17H14N6O2S. The molecule has 0 aliphatic carbocycles. The van der Waals surface area contributed by atoms with Gasteiger partial charge < -0.3 is 5.73 Å². The number of rotatable bonds is 3. The van der Waals surface area contributed by atoms with Gasteiger partial charge in [0.05, 0.1) is 22.3 Å². The first kappa shape index (κ1) is 16.2. The van der Waals surface area contributed by atoms with Crippen molar-refractivity contribution in [1.29, 1.82) is 0 Å². The number of pyridine rings is 1. The summed E-state index contributed by atoms with van der Waals surface area (Å²) in [5.74, 6) is 0.214. The van der Waals surface area contributed by atoms with Crippen LogP contribution in [0.5, 0.6) is 0 Å². The highest BCUT2D eigenvalue weighted by Gasteiger charge is 2.22. The highest BCUT2D eigenvalue weighted by Crippen LogP contribution is 2.36. The van der Waals surface area contributed by atoms with Gasteiger partial charge in [-0.1, -0.05) is 24.3 Å². The Bertz CT molecular complexity index is 1220. The van der Waals surface area contributed by atoms with Gasteiger partial charge in [-0.05, 0) is 34.5 Å². The molecule has 0 bridgehead atoms. The molecule has 0 fully saturated rings. The Labute approximate surface area is 149 Å². The number of aromatic amines is 1. The molecule has 9 heteroatoms. The molecule has 130 valence electrons. The number of anilines is 1. The summed E-state index contributed by atoms with van der Waals surface area (Å²) in [6.45, 7) is 0. The SMILES string of the molecule is CS(=O)(=O)c1cccc(-c2ccc3cc(N)cnc3c2)c1-c1nn[nH]n1. The number of tetrazole rings is 1. The summed E-state index contributed by atoms with van der Waals surface area (Å²) in [5.41, 5.74) is 8.97. The monoisotopic (exact) mass is 366 g/mol. The molecule has 0 saturated carbocycles. The second kappa shape index (κ2) is 5.88. The maximum atomic E-state index is 12.3. The van der Waals surface area contributed by atoms with Crippen LogP contribution in [-0.2, 0) is 9.84 Å². The topological polar surface area (TPSA) is 128 Å². The van der Waals surface area contributed by atoms with E-state index in [2.05, 4.69) is 25.6 Å². The van der Waals surface area contributed by atoms with Gasteiger partial charge in [-0.25, -0.2) is 8.42 Å². The van der Waals surface area contributed by atoms with E-state index in [1.54, 1.807) is 12.3 Å². The number of hydrogen-bond donors (Lipinski definition) is 2. The van der Waals surface area contributed by atoms with E-state index in [1.165, 1.54) is 6.07 Å². The van der Waals surface area contributed by atoms with Crippen LogP contribution in [-0.4, -0.2) is 40.3 Å². The first-order chi connectivity index (χ1) is 12.4. The van der Waals surface area contributed by atoms with E-state index in [0.29, 0.717) is 16.8 Å². The van der Waals surface area contributed by atoms with Crippen molar-refractivity contribution in [3.8, 4) is 22.5 Å². The van der Waals surface area contributed by atoms with E-state index in [1.807, 2.05) is 30.3 Å². The number of fused-ring (bicyclic) bond motifs is 1. The van der Waals surface area contributed by atoms with E-state index < -0.39 is 9.84 Å². The summed E-state index contributed by atoms with van der Waals surface area (Å²) >= 11 is 0. The summed E-state index contributed by atoms with van der Waals surface area (Å²) in [6.07, 6.45) is 2.74. The summed E-state index contributed by atoms with van der Waals surface area (Å²) in [4.78, 5) is 4.48. The lowest BCUT2D eigenvalue weighted by atomic mass is 9.98. The first-order valence-corrected chi connectivity index (χ1v) is 9.55. The van der Waals surface area contributed by atoms with Crippen molar-refractivity contribution in [1.82, 2.24) is 25.6 Å². The normalized spacial score (nSPS) is 11.7. The van der Waals surface area contributed by atoms with Crippen LogP contribution in [0.3, 0.4) is 0 Å². The summed E-state index contributed by atoms with van der Waals surface area (Å²) in [6, 6.07) is 12.5. The van der Waals surface area contributed by atoms with Crippen molar-refractivity contribution in [3.63, 3.8) is 0 Å². The molecule has 8 nitrogen and oxygen atoms in total. The number of nitrogen functional groups attached to an aromatic ring is 1. The minimum Gasteiger partial charge on any atom is -0.397 e. The van der Waals surface area contributed by atoms with E-state index in [4.69, 9.17) is 5.73 Å². The highest BCUT2D eigenvalue weighted by atomic mass is 32.2. The Morgan fingerprint density at radius 3 is 2.69 bits per heavy atom. The second-order valence-corrected chi connectivity index (χ2v) is 7.85. The highest BCUT2D eigenvalue weighted by molar-refractivity contribution is 7.90. The van der Waals surface area contributed by atoms with Crippen LogP contribution in [0.15, 0.2) is 53.6 Å². The Balaban J connectivity index is 2.02. The van der Waals surface area contributed by atoms with Crippen molar-refractivity contribution < 1.29 is 8.42 Å². The third-order valence-corrected chi connectivity index (χ3v) is 5.15. The Hall–Kier alpha value is -3.33. The molecule has 0 unspecified atom stereocenters. The predicted octanol–water partition coefficient (Wildman–Crippen LogP) is 2.07. The molecule has 0 amide bonds. The number of H-pyrrole nitrogens is 1. The molecule has 0 atom stereocenters. The van der Waals surface area contributed by atoms with Gasteiger partial charge in [-0.2, -0.15) is 5.21 Å². The van der Waals surface area contributed by atoms with Crippen LogP contribution in [0, 0.1) is 0 Å². The molecule has 3 N–H and O–H groups in total. The maximum Gasteiger partial charge on any atom is 0.206 e. The summed E-state index contributed by atoms with van der Waals surface area (Å²) in [7, 11) is -3.49. The maximum absolute atomic E-state index is 12.3. The molecule has 2 heterocycles. The van der Waals surface area contributed by atoms with Gasteiger partial charge in [-0.15, -0.1) is 10.2 Å².